The second-order valence-corrected chi connectivity index (χ2v) is 6.01. The highest BCUT2D eigenvalue weighted by Crippen LogP contribution is 2.44. The molecule has 0 aromatic heterocycles. The average molecular weight is 409 g/mol. The van der Waals surface area contributed by atoms with Crippen LogP contribution in [0, 0.1) is 11.8 Å². The molecule has 21 heavy (non-hydrogen) atoms. The number of hydrogen-bond donors (Lipinski definition) is 2. The molecule has 2 fully saturated rings. The summed E-state index contributed by atoms with van der Waals surface area (Å²) in [6.45, 7) is 7.28. The monoisotopic (exact) mass is 409 g/mol. The van der Waals surface area contributed by atoms with Crippen LogP contribution in [-0.4, -0.2) is 38.3 Å². The first-order chi connectivity index (χ1) is 9.85. The molecule has 5 heteroatoms. The molecule has 124 valence electrons. The third-order valence-corrected chi connectivity index (χ3v) is 4.47. The third-order valence-electron chi connectivity index (χ3n) is 4.47. The van der Waals surface area contributed by atoms with Crippen LogP contribution < -0.4 is 10.6 Å². The number of rotatable bonds is 7. The molecular weight excluding hydrogens is 377 g/mol. The van der Waals surface area contributed by atoms with Gasteiger partial charge in [0.1, 0.15) is 0 Å². The minimum Gasteiger partial charge on any atom is -0.380 e. The summed E-state index contributed by atoms with van der Waals surface area (Å²) in [6, 6.07) is 0.656. The number of halogens is 1. The Labute approximate surface area is 146 Å². The van der Waals surface area contributed by atoms with Gasteiger partial charge in [0, 0.05) is 19.2 Å². The van der Waals surface area contributed by atoms with Gasteiger partial charge in [-0.1, -0.05) is 32.1 Å². The van der Waals surface area contributed by atoms with Gasteiger partial charge in [-0.15, -0.1) is 24.0 Å². The maximum atomic E-state index is 5.34. The molecule has 4 nitrogen and oxygen atoms in total. The summed E-state index contributed by atoms with van der Waals surface area (Å²) in [5, 5.41) is 6.94. The van der Waals surface area contributed by atoms with Crippen molar-refractivity contribution < 1.29 is 4.74 Å². The number of ether oxygens (including phenoxy) is 1. The lowest BCUT2D eigenvalue weighted by atomic mass is 9.85. The van der Waals surface area contributed by atoms with Gasteiger partial charge in [-0.3, -0.25) is 4.99 Å². The van der Waals surface area contributed by atoms with Crippen LogP contribution in [-0.2, 0) is 4.74 Å². The molecule has 0 amide bonds. The van der Waals surface area contributed by atoms with Crippen molar-refractivity contribution in [2.75, 3.05) is 26.3 Å². The fourth-order valence-corrected chi connectivity index (χ4v) is 3.33. The van der Waals surface area contributed by atoms with E-state index in [4.69, 9.17) is 4.74 Å². The summed E-state index contributed by atoms with van der Waals surface area (Å²) in [4.78, 5) is 4.58. The van der Waals surface area contributed by atoms with Crippen LogP contribution in [0.5, 0.6) is 0 Å². The second-order valence-electron chi connectivity index (χ2n) is 6.01. The van der Waals surface area contributed by atoms with Crippen LogP contribution in [0.15, 0.2) is 4.99 Å². The van der Waals surface area contributed by atoms with E-state index in [2.05, 4.69) is 22.5 Å². The Kier molecular flexibility index (Phi) is 9.64. The predicted octanol–water partition coefficient (Wildman–Crippen LogP) is 3.16. The summed E-state index contributed by atoms with van der Waals surface area (Å²) in [5.74, 6) is 2.83. The summed E-state index contributed by atoms with van der Waals surface area (Å²) in [6.07, 6.45) is 8.55. The summed E-state index contributed by atoms with van der Waals surface area (Å²) in [5.41, 5.74) is 0. The first-order valence-electron chi connectivity index (χ1n) is 8.47. The van der Waals surface area contributed by atoms with Gasteiger partial charge in [0.05, 0.1) is 13.2 Å². The van der Waals surface area contributed by atoms with Crippen molar-refractivity contribution in [1.82, 2.24) is 10.6 Å². The lowest BCUT2D eigenvalue weighted by molar-refractivity contribution is 0.155. The first-order valence-corrected chi connectivity index (χ1v) is 8.47. The Morgan fingerprint density at radius 2 is 1.95 bits per heavy atom. The van der Waals surface area contributed by atoms with E-state index in [9.17, 15) is 0 Å². The zero-order valence-electron chi connectivity index (χ0n) is 13.6. The fraction of sp³-hybridized carbons (Fsp3) is 0.938. The third kappa shape index (κ3) is 6.72. The van der Waals surface area contributed by atoms with Gasteiger partial charge in [0.25, 0.3) is 0 Å². The molecule has 2 aliphatic rings. The quantitative estimate of drug-likeness (QED) is 0.294. The van der Waals surface area contributed by atoms with Crippen molar-refractivity contribution in [3.8, 4) is 0 Å². The van der Waals surface area contributed by atoms with E-state index in [0.717, 1.165) is 37.5 Å². The maximum Gasteiger partial charge on any atom is 0.191 e. The van der Waals surface area contributed by atoms with E-state index in [-0.39, 0.29) is 24.0 Å². The van der Waals surface area contributed by atoms with Crippen LogP contribution in [0.1, 0.15) is 52.4 Å². The van der Waals surface area contributed by atoms with Crippen molar-refractivity contribution in [3.63, 3.8) is 0 Å². The number of nitrogens with one attached hydrogen (secondary N) is 2. The maximum absolute atomic E-state index is 5.34. The van der Waals surface area contributed by atoms with Gasteiger partial charge in [-0.2, -0.15) is 0 Å². The fourth-order valence-electron chi connectivity index (χ4n) is 3.33. The molecule has 2 rings (SSSR count). The van der Waals surface area contributed by atoms with E-state index < -0.39 is 0 Å². The van der Waals surface area contributed by atoms with Crippen molar-refractivity contribution in [3.05, 3.63) is 0 Å². The number of guanidine groups is 1. The van der Waals surface area contributed by atoms with Crippen LogP contribution in [0.3, 0.4) is 0 Å². The lowest BCUT2D eigenvalue weighted by Crippen LogP contribution is -2.40. The van der Waals surface area contributed by atoms with Crippen LogP contribution in [0.4, 0.5) is 0 Å². The Morgan fingerprint density at radius 3 is 2.62 bits per heavy atom. The van der Waals surface area contributed by atoms with Gasteiger partial charge in [0.15, 0.2) is 5.96 Å². The predicted molar refractivity (Wildman–Crippen MR) is 99.5 cm³/mol. The number of hydrogen-bond acceptors (Lipinski definition) is 2. The van der Waals surface area contributed by atoms with Gasteiger partial charge < -0.3 is 15.4 Å². The van der Waals surface area contributed by atoms with Crippen molar-refractivity contribution in [2.24, 2.45) is 16.8 Å². The van der Waals surface area contributed by atoms with Gasteiger partial charge in [-0.05, 0) is 32.1 Å². The molecule has 2 saturated carbocycles. The highest BCUT2D eigenvalue weighted by atomic mass is 127. The molecule has 2 N–H and O–H groups in total. The molecule has 0 aliphatic heterocycles. The molecule has 0 radical (unpaired) electrons. The molecule has 2 unspecified atom stereocenters. The van der Waals surface area contributed by atoms with Crippen LogP contribution in [0.2, 0.25) is 0 Å². The molecule has 2 aliphatic carbocycles. The standard InChI is InChI=1S/C16H31N3O.HI/c1-3-17-16(18-10-11-20-4-2)19-15-12-14(15)13-8-6-5-7-9-13;/h13-15H,3-12H2,1-2H3,(H2,17,18,19);1H. The van der Waals surface area contributed by atoms with Crippen LogP contribution >= 0.6 is 24.0 Å². The zero-order chi connectivity index (χ0) is 14.2. The molecule has 2 atom stereocenters. The SMILES string of the molecule is CCNC(=NCCOCC)NC1CC1C1CCCCC1.I. The average Bonchev–Trinajstić information content (AvgIpc) is 3.24. The lowest BCUT2D eigenvalue weighted by Gasteiger charge is -2.22. The Morgan fingerprint density at radius 1 is 1.19 bits per heavy atom. The zero-order valence-corrected chi connectivity index (χ0v) is 15.9. The highest BCUT2D eigenvalue weighted by Gasteiger charge is 2.43. The molecule has 0 bridgehead atoms. The molecular formula is C16H32IN3O. The van der Waals surface area contributed by atoms with Crippen molar-refractivity contribution >= 4 is 29.9 Å². The van der Waals surface area contributed by atoms with Gasteiger partial charge >= 0.3 is 0 Å². The van der Waals surface area contributed by atoms with Crippen molar-refractivity contribution in [1.29, 1.82) is 0 Å². The van der Waals surface area contributed by atoms with E-state index in [1.54, 1.807) is 0 Å². The number of aliphatic imine (C=N–C) groups is 1. The normalized spacial score (nSPS) is 26.1. The summed E-state index contributed by atoms with van der Waals surface area (Å²) >= 11 is 0. The molecule has 0 aromatic carbocycles. The summed E-state index contributed by atoms with van der Waals surface area (Å²) in [7, 11) is 0. The highest BCUT2D eigenvalue weighted by molar-refractivity contribution is 14.0. The van der Waals surface area contributed by atoms with E-state index in [0.29, 0.717) is 12.6 Å². The molecule has 0 saturated heterocycles. The molecule has 0 aromatic rings. The van der Waals surface area contributed by atoms with Gasteiger partial charge in [0.2, 0.25) is 0 Å². The Hall–Kier alpha value is -0.0400. The Bertz CT molecular complexity index is 306. The van der Waals surface area contributed by atoms with E-state index >= 15 is 0 Å². The topological polar surface area (TPSA) is 45.7 Å². The van der Waals surface area contributed by atoms with E-state index in [1.165, 1.54) is 38.5 Å². The smallest absolute Gasteiger partial charge is 0.191 e. The van der Waals surface area contributed by atoms with E-state index in [1.807, 2.05) is 6.92 Å². The molecule has 0 spiro atoms. The van der Waals surface area contributed by atoms with Crippen molar-refractivity contribution in [2.45, 2.75) is 58.4 Å². The van der Waals surface area contributed by atoms with Gasteiger partial charge in [-0.25, -0.2) is 0 Å². The Balaban J connectivity index is 0.00000220. The summed E-state index contributed by atoms with van der Waals surface area (Å²) < 4.78 is 5.34. The van der Waals surface area contributed by atoms with Crippen LogP contribution in [0.25, 0.3) is 0 Å². The number of nitrogens with zero attached hydrogens (tertiary/aromatic N) is 1. The first kappa shape index (κ1) is 19.0. The largest absolute Gasteiger partial charge is 0.380 e. The minimum atomic E-state index is 0. The second kappa shape index (κ2) is 10.6. The minimum absolute atomic E-state index is 0. The molecule has 0 heterocycles.